The van der Waals surface area contributed by atoms with Crippen LogP contribution in [0.15, 0.2) is 171 Å². The third kappa shape index (κ3) is 6.08. The van der Waals surface area contributed by atoms with Gasteiger partial charge < -0.3 is 0 Å². The van der Waals surface area contributed by atoms with Crippen molar-refractivity contribution in [2.24, 2.45) is 0 Å². The van der Waals surface area contributed by atoms with Crippen LogP contribution < -0.4 is 9.13 Å². The summed E-state index contributed by atoms with van der Waals surface area (Å²) in [7, 11) is 0. The second kappa shape index (κ2) is 13.4. The summed E-state index contributed by atoms with van der Waals surface area (Å²) in [6, 6.07) is 44.0. The van der Waals surface area contributed by atoms with E-state index < -0.39 is 0 Å². The van der Waals surface area contributed by atoms with E-state index in [0.29, 0.717) is 0 Å². The zero-order chi connectivity index (χ0) is 32.1. The van der Waals surface area contributed by atoms with Gasteiger partial charge in [0.25, 0.3) is 0 Å². The minimum Gasteiger partial charge on any atom is -0.265 e. The Morgan fingerprint density at radius 3 is 1.17 bits per heavy atom. The van der Waals surface area contributed by atoms with Crippen LogP contribution >= 0.6 is 0 Å². The molecule has 230 valence electrons. The van der Waals surface area contributed by atoms with Crippen molar-refractivity contribution in [2.75, 3.05) is 0 Å². The summed E-state index contributed by atoms with van der Waals surface area (Å²) >= 11 is 0. The molecule has 0 radical (unpaired) electrons. The van der Waals surface area contributed by atoms with Crippen LogP contribution in [0.5, 0.6) is 0 Å². The highest BCUT2D eigenvalue weighted by Gasteiger charge is 2.19. The molecule has 4 nitrogen and oxygen atoms in total. The fourth-order valence-electron chi connectivity index (χ4n) is 6.83. The van der Waals surface area contributed by atoms with E-state index in [4.69, 9.17) is 0 Å². The summed E-state index contributed by atoms with van der Waals surface area (Å²) in [4.78, 5) is 8.33. The smallest absolute Gasteiger partial charge is 0.169 e. The number of rotatable bonds is 9. The molecule has 0 saturated heterocycles. The molecule has 0 bridgehead atoms. The van der Waals surface area contributed by atoms with Gasteiger partial charge >= 0.3 is 0 Å². The van der Waals surface area contributed by atoms with Crippen LogP contribution in [0.3, 0.4) is 0 Å². The van der Waals surface area contributed by atoms with E-state index in [2.05, 4.69) is 165 Å². The van der Waals surface area contributed by atoms with E-state index in [1.165, 1.54) is 66.1 Å². The van der Waals surface area contributed by atoms with Crippen molar-refractivity contribution < 1.29 is 9.13 Å². The van der Waals surface area contributed by atoms with Crippen molar-refractivity contribution in [2.45, 2.75) is 25.9 Å². The Labute approximate surface area is 281 Å². The van der Waals surface area contributed by atoms with Gasteiger partial charge in [0, 0.05) is 61.9 Å². The van der Waals surface area contributed by atoms with Crippen molar-refractivity contribution in [3.05, 3.63) is 182 Å². The summed E-state index contributed by atoms with van der Waals surface area (Å²) < 4.78 is 4.58. The monoisotopic (exact) mass is 620 g/mol. The van der Waals surface area contributed by atoms with E-state index in [1.807, 2.05) is 24.8 Å². The van der Waals surface area contributed by atoms with E-state index in [-0.39, 0.29) is 0 Å². The molecule has 0 unspecified atom stereocenters. The van der Waals surface area contributed by atoms with Gasteiger partial charge in [0.05, 0.1) is 0 Å². The average molecular weight is 621 g/mol. The van der Waals surface area contributed by atoms with Crippen molar-refractivity contribution in [3.63, 3.8) is 0 Å². The Morgan fingerprint density at radius 2 is 0.750 bits per heavy atom. The molecule has 8 aromatic rings. The molecule has 4 aromatic carbocycles. The highest BCUT2D eigenvalue weighted by molar-refractivity contribution is 6.07. The van der Waals surface area contributed by atoms with E-state index in [9.17, 15) is 0 Å². The molecule has 0 atom stereocenters. The predicted molar refractivity (Wildman–Crippen MR) is 194 cm³/mol. The summed E-state index contributed by atoms with van der Waals surface area (Å²) in [6.07, 6.45) is 18.0. The second-order valence-electron chi connectivity index (χ2n) is 12.3. The molecule has 0 saturated carbocycles. The third-order valence-electron chi connectivity index (χ3n) is 9.37. The largest absolute Gasteiger partial charge is 0.265 e. The first-order chi connectivity index (χ1) is 23.8. The SMILES string of the molecule is c1ccc2c(-c3c(CC[n+]4ccc(-c5ccncc5)cc4)ccc4ccccc34)c(CC[n+]3ccc(-c4ccncc4)cc3)ccc2c1. The Morgan fingerprint density at radius 1 is 0.375 bits per heavy atom. The van der Waals surface area contributed by atoms with Crippen LogP contribution in [0.2, 0.25) is 0 Å². The number of aryl methyl sites for hydroxylation is 4. The molecule has 0 aliphatic rings. The fraction of sp³-hybridized carbons (Fsp3) is 0.0909. The Kier molecular flexibility index (Phi) is 8.20. The highest BCUT2D eigenvalue weighted by atomic mass is 14.9. The lowest BCUT2D eigenvalue weighted by Crippen LogP contribution is -2.34. The van der Waals surface area contributed by atoms with Crippen molar-refractivity contribution >= 4 is 21.5 Å². The molecule has 4 aromatic heterocycles. The molecular formula is C44H36N4+2. The quantitative estimate of drug-likeness (QED) is 0.151. The highest BCUT2D eigenvalue weighted by Crippen LogP contribution is 2.39. The summed E-state index contributed by atoms with van der Waals surface area (Å²) in [5.74, 6) is 0. The maximum atomic E-state index is 4.16. The summed E-state index contributed by atoms with van der Waals surface area (Å²) in [5.41, 5.74) is 10.2. The van der Waals surface area contributed by atoms with Gasteiger partial charge in [-0.05, 0) is 90.3 Å². The molecule has 0 aliphatic carbocycles. The second-order valence-corrected chi connectivity index (χ2v) is 12.3. The zero-order valence-electron chi connectivity index (χ0n) is 26.8. The molecule has 0 N–H and O–H groups in total. The number of pyridine rings is 4. The lowest BCUT2D eigenvalue weighted by molar-refractivity contribution is -0.696. The molecule has 8 rings (SSSR count). The molecule has 0 aliphatic heterocycles. The number of benzene rings is 4. The van der Waals surface area contributed by atoms with E-state index >= 15 is 0 Å². The first-order valence-corrected chi connectivity index (χ1v) is 16.6. The average Bonchev–Trinajstić information content (AvgIpc) is 3.17. The van der Waals surface area contributed by atoms with E-state index in [0.717, 1.165) is 25.9 Å². The number of hydrogen-bond donors (Lipinski definition) is 0. The molecule has 4 heteroatoms. The van der Waals surface area contributed by atoms with Crippen LogP contribution in [0.25, 0.3) is 54.9 Å². The normalized spacial score (nSPS) is 11.2. The molecule has 4 heterocycles. The predicted octanol–water partition coefficient (Wildman–Crippen LogP) is 8.84. The molecule has 48 heavy (non-hydrogen) atoms. The van der Waals surface area contributed by atoms with Gasteiger partial charge in [-0.15, -0.1) is 0 Å². The number of aromatic nitrogens is 4. The maximum absolute atomic E-state index is 4.16. The van der Waals surface area contributed by atoms with E-state index in [1.54, 1.807) is 0 Å². The number of nitrogens with zero attached hydrogens (tertiary/aromatic N) is 4. The number of hydrogen-bond acceptors (Lipinski definition) is 2. The van der Waals surface area contributed by atoms with Gasteiger partial charge in [0.2, 0.25) is 0 Å². The molecule has 0 fully saturated rings. The van der Waals surface area contributed by atoms with Crippen LogP contribution in [0.1, 0.15) is 11.1 Å². The first-order valence-electron chi connectivity index (χ1n) is 16.6. The maximum Gasteiger partial charge on any atom is 0.169 e. The minimum absolute atomic E-state index is 0.891. The fourth-order valence-corrected chi connectivity index (χ4v) is 6.83. The number of fused-ring (bicyclic) bond motifs is 2. The summed E-state index contributed by atoms with van der Waals surface area (Å²) in [5, 5.41) is 5.15. The van der Waals surface area contributed by atoms with Gasteiger partial charge in [-0.25, -0.2) is 9.13 Å². The lowest BCUT2D eigenvalue weighted by Gasteiger charge is -2.19. The van der Waals surface area contributed by atoms with Gasteiger partial charge in [-0.2, -0.15) is 0 Å². The molecular weight excluding hydrogens is 585 g/mol. The molecule has 0 amide bonds. The third-order valence-corrected chi connectivity index (χ3v) is 9.37. The zero-order valence-corrected chi connectivity index (χ0v) is 26.8. The standard InChI is InChI=1S/C44H36N4/c1-3-7-41-37(5-1)9-11-39(21-31-47-27-17-35(18-28-47)33-13-23-45-24-14-33)43(41)44-40(12-10-38-6-2-4-8-42(38)44)22-32-48-29-19-36(20-30-48)34-15-25-46-26-16-34/h1-20,23-30H,21-22,31-32H2/q+2. The Balaban J connectivity index is 1.15. The Hall–Kier alpha value is -6.00. The summed E-state index contributed by atoms with van der Waals surface area (Å²) in [6.45, 7) is 1.78. The first kappa shape index (κ1) is 29.4. The Bertz CT molecular complexity index is 2150. The van der Waals surface area contributed by atoms with Crippen LogP contribution in [-0.4, -0.2) is 9.97 Å². The van der Waals surface area contributed by atoms with Crippen molar-refractivity contribution in [1.82, 2.24) is 9.97 Å². The topological polar surface area (TPSA) is 33.5 Å². The lowest BCUT2D eigenvalue weighted by atomic mass is 9.85. The molecule has 0 spiro atoms. The van der Waals surface area contributed by atoms with Crippen LogP contribution in [-0.2, 0) is 25.9 Å². The van der Waals surface area contributed by atoms with Gasteiger partial charge in [0.1, 0.15) is 0 Å². The van der Waals surface area contributed by atoms with Crippen LogP contribution in [0.4, 0.5) is 0 Å². The van der Waals surface area contributed by atoms with Gasteiger partial charge in [-0.1, -0.05) is 72.8 Å². The van der Waals surface area contributed by atoms with Gasteiger partial charge in [-0.3, -0.25) is 9.97 Å². The van der Waals surface area contributed by atoms with Crippen LogP contribution in [0, 0.1) is 0 Å². The van der Waals surface area contributed by atoms with Crippen molar-refractivity contribution in [3.8, 4) is 33.4 Å². The van der Waals surface area contributed by atoms with Crippen molar-refractivity contribution in [1.29, 1.82) is 0 Å². The minimum atomic E-state index is 0.891. The van der Waals surface area contributed by atoms with Gasteiger partial charge in [0.15, 0.2) is 37.9 Å².